The molecule has 0 aliphatic carbocycles. The highest BCUT2D eigenvalue weighted by molar-refractivity contribution is 5.99. The Morgan fingerprint density at radius 3 is 2.71 bits per heavy atom. The summed E-state index contributed by atoms with van der Waals surface area (Å²) in [6.07, 6.45) is -3.83. The Morgan fingerprint density at radius 2 is 2.14 bits per heavy atom. The molecule has 4 nitrogen and oxygen atoms in total. The van der Waals surface area contributed by atoms with E-state index in [4.69, 9.17) is 5.73 Å². The van der Waals surface area contributed by atoms with E-state index in [2.05, 4.69) is 0 Å². The van der Waals surface area contributed by atoms with E-state index in [-0.39, 0.29) is 29.8 Å². The first kappa shape index (κ1) is 15.6. The van der Waals surface area contributed by atoms with Crippen molar-refractivity contribution in [2.45, 2.75) is 25.6 Å². The molecule has 21 heavy (non-hydrogen) atoms. The summed E-state index contributed by atoms with van der Waals surface area (Å²) in [4.78, 5) is 13.8. The van der Waals surface area contributed by atoms with E-state index in [1.807, 2.05) is 6.92 Å². The number of alkyl halides is 3. The zero-order valence-electron chi connectivity index (χ0n) is 11.5. The first-order chi connectivity index (χ1) is 9.75. The van der Waals surface area contributed by atoms with Crippen LogP contribution in [0.1, 0.15) is 29.3 Å². The zero-order chi connectivity index (χ0) is 15.8. The van der Waals surface area contributed by atoms with Crippen LogP contribution < -0.4 is 5.73 Å². The van der Waals surface area contributed by atoms with Gasteiger partial charge in [-0.05, 0) is 30.5 Å². The first-order valence-corrected chi connectivity index (χ1v) is 6.64. The van der Waals surface area contributed by atoms with Crippen molar-refractivity contribution >= 4 is 11.6 Å². The molecule has 3 N–H and O–H groups in total. The number of anilines is 1. The molecule has 7 heteroatoms. The van der Waals surface area contributed by atoms with E-state index in [0.717, 1.165) is 18.2 Å². The summed E-state index contributed by atoms with van der Waals surface area (Å²) in [6.45, 7) is 2.08. The van der Waals surface area contributed by atoms with Crippen molar-refractivity contribution in [3.63, 3.8) is 0 Å². The lowest BCUT2D eigenvalue weighted by atomic mass is 10.0. The molecule has 0 saturated carbocycles. The van der Waals surface area contributed by atoms with Crippen molar-refractivity contribution < 1.29 is 23.1 Å². The predicted molar refractivity (Wildman–Crippen MR) is 71.5 cm³/mol. The largest absolute Gasteiger partial charge is 0.416 e. The Morgan fingerprint density at radius 1 is 1.48 bits per heavy atom. The molecule has 1 fully saturated rings. The number of aliphatic hydroxyl groups excluding tert-OH is 1. The highest BCUT2D eigenvalue weighted by Crippen LogP contribution is 2.33. The number of hydrogen-bond donors (Lipinski definition) is 2. The van der Waals surface area contributed by atoms with Gasteiger partial charge in [-0.2, -0.15) is 13.2 Å². The van der Waals surface area contributed by atoms with Gasteiger partial charge in [0.1, 0.15) is 0 Å². The van der Waals surface area contributed by atoms with Gasteiger partial charge >= 0.3 is 6.18 Å². The van der Waals surface area contributed by atoms with Crippen LogP contribution in [0.3, 0.4) is 0 Å². The number of aliphatic hydroxyl groups is 1. The first-order valence-electron chi connectivity index (χ1n) is 6.64. The molecular weight excluding hydrogens is 285 g/mol. The molecule has 1 amide bonds. The summed E-state index contributed by atoms with van der Waals surface area (Å²) >= 11 is 0. The SMILES string of the molecule is CC1CCN(C(=O)c2cc(C(F)(F)F)ccc2N)C1CO. The second kappa shape index (κ2) is 5.55. The van der Waals surface area contributed by atoms with Gasteiger partial charge in [0.25, 0.3) is 5.91 Å². The van der Waals surface area contributed by atoms with Crippen LogP contribution in [0.4, 0.5) is 18.9 Å². The zero-order valence-corrected chi connectivity index (χ0v) is 11.5. The maximum absolute atomic E-state index is 12.7. The molecule has 1 heterocycles. The molecule has 0 spiro atoms. The van der Waals surface area contributed by atoms with Gasteiger partial charge in [-0.3, -0.25) is 4.79 Å². The average Bonchev–Trinajstić information content (AvgIpc) is 2.78. The fraction of sp³-hybridized carbons (Fsp3) is 0.500. The van der Waals surface area contributed by atoms with E-state index in [9.17, 15) is 23.1 Å². The minimum atomic E-state index is -4.53. The molecule has 2 unspecified atom stereocenters. The van der Waals surface area contributed by atoms with Crippen molar-refractivity contribution in [3.8, 4) is 0 Å². The van der Waals surface area contributed by atoms with E-state index in [1.54, 1.807) is 0 Å². The monoisotopic (exact) mass is 302 g/mol. The summed E-state index contributed by atoms with van der Waals surface area (Å²) in [5.41, 5.74) is 4.57. The van der Waals surface area contributed by atoms with Crippen LogP contribution in [0.15, 0.2) is 18.2 Å². The molecule has 1 aromatic rings. The lowest BCUT2D eigenvalue weighted by Gasteiger charge is -2.26. The Labute approximate surface area is 120 Å². The van der Waals surface area contributed by atoms with Crippen molar-refractivity contribution in [1.82, 2.24) is 4.90 Å². The highest BCUT2D eigenvalue weighted by atomic mass is 19.4. The minimum Gasteiger partial charge on any atom is -0.398 e. The number of benzene rings is 1. The average molecular weight is 302 g/mol. The number of carbonyl (C=O) groups is 1. The van der Waals surface area contributed by atoms with Gasteiger partial charge < -0.3 is 15.7 Å². The van der Waals surface area contributed by atoms with Gasteiger partial charge in [-0.15, -0.1) is 0 Å². The number of hydrogen-bond acceptors (Lipinski definition) is 3. The number of halogens is 3. The smallest absolute Gasteiger partial charge is 0.398 e. The number of nitrogens with two attached hydrogens (primary N) is 1. The molecular formula is C14H17F3N2O2. The number of nitrogen functional groups attached to an aromatic ring is 1. The van der Waals surface area contributed by atoms with Crippen LogP contribution in [0, 0.1) is 5.92 Å². The quantitative estimate of drug-likeness (QED) is 0.823. The standard InChI is InChI=1S/C14H17F3N2O2/c1-8-4-5-19(12(8)7-20)13(21)10-6-9(14(15,16)17)2-3-11(10)18/h2-3,6,8,12,20H,4-5,7,18H2,1H3. The van der Waals surface area contributed by atoms with E-state index < -0.39 is 17.6 Å². The summed E-state index contributed by atoms with van der Waals surface area (Å²) in [6, 6.07) is 2.33. The fourth-order valence-electron chi connectivity index (χ4n) is 2.61. The predicted octanol–water partition coefficient (Wildman–Crippen LogP) is 2.13. The number of rotatable bonds is 2. The maximum Gasteiger partial charge on any atom is 0.416 e. The van der Waals surface area contributed by atoms with Crippen molar-refractivity contribution in [2.24, 2.45) is 5.92 Å². The summed E-state index contributed by atoms with van der Waals surface area (Å²) in [7, 11) is 0. The maximum atomic E-state index is 12.7. The van der Waals surface area contributed by atoms with Gasteiger partial charge in [0.05, 0.1) is 23.8 Å². The third kappa shape index (κ3) is 2.97. The molecule has 1 aliphatic heterocycles. The third-order valence-corrected chi connectivity index (χ3v) is 3.94. The molecule has 116 valence electrons. The molecule has 1 saturated heterocycles. The summed E-state index contributed by atoms with van der Waals surface area (Å²) in [5.74, 6) is -0.465. The molecule has 0 bridgehead atoms. The second-order valence-electron chi connectivity index (χ2n) is 5.31. The van der Waals surface area contributed by atoms with Crippen LogP contribution >= 0.6 is 0 Å². The topological polar surface area (TPSA) is 66.6 Å². The van der Waals surface area contributed by atoms with Crippen molar-refractivity contribution in [2.75, 3.05) is 18.9 Å². The summed E-state index contributed by atoms with van der Waals surface area (Å²) in [5, 5.41) is 9.35. The molecule has 0 aromatic heterocycles. The van der Waals surface area contributed by atoms with E-state index >= 15 is 0 Å². The number of amides is 1. The molecule has 1 aromatic carbocycles. The molecule has 1 aliphatic rings. The van der Waals surface area contributed by atoms with Crippen LogP contribution in [0.5, 0.6) is 0 Å². The normalized spacial score (nSPS) is 22.6. The number of carbonyl (C=O) groups excluding carboxylic acids is 1. The number of nitrogens with zero attached hydrogens (tertiary/aromatic N) is 1. The van der Waals surface area contributed by atoms with Crippen molar-refractivity contribution in [1.29, 1.82) is 0 Å². The Kier molecular flexibility index (Phi) is 4.13. The van der Waals surface area contributed by atoms with Gasteiger partial charge in [0, 0.05) is 12.2 Å². The molecule has 0 radical (unpaired) electrons. The van der Waals surface area contributed by atoms with Crippen molar-refractivity contribution in [3.05, 3.63) is 29.3 Å². The fourth-order valence-corrected chi connectivity index (χ4v) is 2.61. The second-order valence-corrected chi connectivity index (χ2v) is 5.31. The lowest BCUT2D eigenvalue weighted by Crippen LogP contribution is -2.40. The van der Waals surface area contributed by atoms with E-state index in [0.29, 0.717) is 13.0 Å². The Balaban J connectivity index is 2.35. The Bertz CT molecular complexity index is 546. The van der Waals surface area contributed by atoms with Crippen LogP contribution in [-0.4, -0.2) is 35.1 Å². The van der Waals surface area contributed by atoms with Gasteiger partial charge in [-0.1, -0.05) is 6.92 Å². The number of likely N-dealkylation sites (tertiary alicyclic amines) is 1. The van der Waals surface area contributed by atoms with Gasteiger partial charge in [0.15, 0.2) is 0 Å². The molecule has 2 rings (SSSR count). The summed E-state index contributed by atoms with van der Waals surface area (Å²) < 4.78 is 38.2. The lowest BCUT2D eigenvalue weighted by molar-refractivity contribution is -0.137. The molecule has 2 atom stereocenters. The highest BCUT2D eigenvalue weighted by Gasteiger charge is 2.36. The van der Waals surface area contributed by atoms with Gasteiger partial charge in [-0.25, -0.2) is 0 Å². The van der Waals surface area contributed by atoms with Crippen LogP contribution in [0.2, 0.25) is 0 Å². The van der Waals surface area contributed by atoms with E-state index in [1.165, 1.54) is 4.90 Å². The van der Waals surface area contributed by atoms with Crippen LogP contribution in [-0.2, 0) is 6.18 Å². The minimum absolute atomic E-state index is 0.00393. The third-order valence-electron chi connectivity index (χ3n) is 3.94. The van der Waals surface area contributed by atoms with Crippen LogP contribution in [0.25, 0.3) is 0 Å². The Hall–Kier alpha value is -1.76. The van der Waals surface area contributed by atoms with Gasteiger partial charge in [0.2, 0.25) is 0 Å².